The van der Waals surface area contributed by atoms with Crippen LogP contribution >= 0.6 is 0 Å². The summed E-state index contributed by atoms with van der Waals surface area (Å²) in [5.74, 6) is 0.395. The lowest BCUT2D eigenvalue weighted by Crippen LogP contribution is -2.43. The molecule has 2 N–H and O–H groups in total. The maximum Gasteiger partial charge on any atom is 0.118 e. The van der Waals surface area contributed by atoms with E-state index in [4.69, 9.17) is 0 Å². The molecule has 1 saturated heterocycles. The van der Waals surface area contributed by atoms with E-state index in [0.717, 1.165) is 31.7 Å². The smallest absolute Gasteiger partial charge is 0.118 e. The number of nitrogens with zero attached hydrogens (tertiary/aromatic N) is 1. The summed E-state index contributed by atoms with van der Waals surface area (Å²) in [4.78, 5) is 2.37. The lowest BCUT2D eigenvalue weighted by Gasteiger charge is -2.31. The highest BCUT2D eigenvalue weighted by Crippen LogP contribution is 2.29. The summed E-state index contributed by atoms with van der Waals surface area (Å²) in [6.45, 7) is 8.22. The van der Waals surface area contributed by atoms with Gasteiger partial charge in [0, 0.05) is 31.9 Å². The summed E-state index contributed by atoms with van der Waals surface area (Å²) < 4.78 is 0. The molecule has 0 bridgehead atoms. The summed E-state index contributed by atoms with van der Waals surface area (Å²) in [6, 6.07) is 3.81. The highest BCUT2D eigenvalue weighted by Gasteiger charge is 2.14. The van der Waals surface area contributed by atoms with Gasteiger partial charge in [-0.15, -0.1) is 0 Å². The van der Waals surface area contributed by atoms with Crippen molar-refractivity contribution in [2.75, 3.05) is 31.1 Å². The van der Waals surface area contributed by atoms with Gasteiger partial charge in [-0.1, -0.05) is 0 Å². The Morgan fingerprint density at radius 3 is 2.47 bits per heavy atom. The van der Waals surface area contributed by atoms with Gasteiger partial charge in [0.05, 0.1) is 0 Å². The Bertz CT molecular complexity index is 357. The average Bonchev–Trinajstić information content (AvgIpc) is 2.27. The second-order valence-electron chi connectivity index (χ2n) is 4.09. The molecule has 1 aromatic rings. The van der Waals surface area contributed by atoms with Crippen molar-refractivity contribution in [2.24, 2.45) is 0 Å². The predicted molar refractivity (Wildman–Crippen MR) is 62.7 cm³/mol. The molecule has 1 aliphatic rings. The molecule has 0 aromatic heterocycles. The van der Waals surface area contributed by atoms with Gasteiger partial charge in [-0.25, -0.2) is 0 Å². The molecule has 1 aromatic carbocycles. The molecule has 0 amide bonds. The van der Waals surface area contributed by atoms with Crippen LogP contribution in [0.4, 0.5) is 5.69 Å². The number of benzene rings is 1. The number of piperazine rings is 1. The van der Waals surface area contributed by atoms with Gasteiger partial charge in [0.1, 0.15) is 5.75 Å². The lowest BCUT2D eigenvalue weighted by molar-refractivity contribution is 0.470. The van der Waals surface area contributed by atoms with Crippen LogP contribution in [-0.4, -0.2) is 31.3 Å². The van der Waals surface area contributed by atoms with Crippen LogP contribution in [0.3, 0.4) is 0 Å². The van der Waals surface area contributed by atoms with E-state index in [2.05, 4.69) is 17.1 Å². The van der Waals surface area contributed by atoms with Gasteiger partial charge in [-0.2, -0.15) is 0 Å². The van der Waals surface area contributed by atoms with E-state index in [1.165, 1.54) is 11.3 Å². The molecule has 0 atom stereocenters. The summed E-state index contributed by atoms with van der Waals surface area (Å²) in [7, 11) is 0. The van der Waals surface area contributed by atoms with Crippen LogP contribution in [-0.2, 0) is 0 Å². The normalized spacial score (nSPS) is 16.8. The Hall–Kier alpha value is -1.22. The molecule has 82 valence electrons. The van der Waals surface area contributed by atoms with E-state index in [9.17, 15) is 5.11 Å². The van der Waals surface area contributed by atoms with Gasteiger partial charge in [0.25, 0.3) is 0 Å². The third kappa shape index (κ3) is 1.92. The van der Waals surface area contributed by atoms with Crippen molar-refractivity contribution >= 4 is 5.69 Å². The molecular weight excluding hydrogens is 188 g/mol. The predicted octanol–water partition coefficient (Wildman–Crippen LogP) is 1.42. The van der Waals surface area contributed by atoms with Crippen molar-refractivity contribution in [1.82, 2.24) is 5.32 Å². The zero-order valence-electron chi connectivity index (χ0n) is 9.38. The largest absolute Gasteiger partial charge is 0.508 e. The Morgan fingerprint density at radius 1 is 1.13 bits per heavy atom. The molecule has 0 saturated carbocycles. The van der Waals surface area contributed by atoms with Crippen molar-refractivity contribution in [3.63, 3.8) is 0 Å². The Morgan fingerprint density at radius 2 is 1.80 bits per heavy atom. The molecule has 2 rings (SSSR count). The molecule has 3 heteroatoms. The molecule has 0 unspecified atom stereocenters. The fraction of sp³-hybridized carbons (Fsp3) is 0.500. The fourth-order valence-electron chi connectivity index (χ4n) is 2.04. The van der Waals surface area contributed by atoms with E-state index in [0.29, 0.717) is 5.75 Å². The number of aromatic hydroxyl groups is 1. The molecule has 1 fully saturated rings. The van der Waals surface area contributed by atoms with E-state index in [-0.39, 0.29) is 0 Å². The maximum atomic E-state index is 9.59. The van der Waals surface area contributed by atoms with Crippen molar-refractivity contribution in [3.05, 3.63) is 23.3 Å². The first-order chi connectivity index (χ1) is 7.20. The molecule has 3 nitrogen and oxygen atoms in total. The second kappa shape index (κ2) is 4.11. The number of phenols is 1. The van der Waals surface area contributed by atoms with Gasteiger partial charge >= 0.3 is 0 Å². The molecule has 0 spiro atoms. The van der Waals surface area contributed by atoms with Gasteiger partial charge in [0.15, 0.2) is 0 Å². The molecular formula is C12H18N2O. The number of hydrogen-bond acceptors (Lipinski definition) is 3. The van der Waals surface area contributed by atoms with Crippen LogP contribution in [0.5, 0.6) is 5.75 Å². The van der Waals surface area contributed by atoms with E-state index in [1.54, 1.807) is 6.07 Å². The van der Waals surface area contributed by atoms with E-state index < -0.39 is 0 Å². The minimum absolute atomic E-state index is 0.395. The fourth-order valence-corrected chi connectivity index (χ4v) is 2.04. The molecule has 0 aliphatic carbocycles. The zero-order valence-corrected chi connectivity index (χ0v) is 9.38. The highest BCUT2D eigenvalue weighted by molar-refractivity contribution is 5.59. The van der Waals surface area contributed by atoms with Gasteiger partial charge in [-0.3, -0.25) is 0 Å². The number of hydrogen-bond donors (Lipinski definition) is 2. The summed E-state index contributed by atoms with van der Waals surface area (Å²) in [5, 5.41) is 12.9. The van der Waals surface area contributed by atoms with E-state index in [1.807, 2.05) is 13.0 Å². The third-order valence-corrected chi connectivity index (χ3v) is 3.19. The Kier molecular flexibility index (Phi) is 2.82. The molecule has 15 heavy (non-hydrogen) atoms. The monoisotopic (exact) mass is 206 g/mol. The first kappa shape index (κ1) is 10.3. The standard InChI is InChI=1S/C12H18N2O/c1-9-10(2)12(15)4-3-11(9)14-7-5-13-6-8-14/h3-4,13,15H,5-8H2,1-2H3. The Balaban J connectivity index is 2.31. The minimum Gasteiger partial charge on any atom is -0.508 e. The Labute approximate surface area is 90.7 Å². The van der Waals surface area contributed by atoms with Gasteiger partial charge in [0.2, 0.25) is 0 Å². The minimum atomic E-state index is 0.395. The van der Waals surface area contributed by atoms with Gasteiger partial charge in [-0.05, 0) is 37.1 Å². The first-order valence-corrected chi connectivity index (χ1v) is 5.45. The van der Waals surface area contributed by atoms with Crippen molar-refractivity contribution < 1.29 is 5.11 Å². The average molecular weight is 206 g/mol. The molecule has 1 aliphatic heterocycles. The third-order valence-electron chi connectivity index (χ3n) is 3.19. The number of anilines is 1. The van der Waals surface area contributed by atoms with Crippen LogP contribution in [0, 0.1) is 13.8 Å². The zero-order chi connectivity index (χ0) is 10.8. The summed E-state index contributed by atoms with van der Waals surface area (Å²) in [5.41, 5.74) is 3.44. The summed E-state index contributed by atoms with van der Waals surface area (Å²) in [6.07, 6.45) is 0. The number of nitrogens with one attached hydrogen (secondary N) is 1. The molecule has 1 heterocycles. The lowest BCUT2D eigenvalue weighted by atomic mass is 10.1. The van der Waals surface area contributed by atoms with Crippen molar-refractivity contribution in [1.29, 1.82) is 0 Å². The number of phenolic OH excluding ortho intramolecular Hbond substituents is 1. The van der Waals surface area contributed by atoms with Crippen LogP contribution in [0.1, 0.15) is 11.1 Å². The second-order valence-corrected chi connectivity index (χ2v) is 4.09. The first-order valence-electron chi connectivity index (χ1n) is 5.45. The highest BCUT2D eigenvalue weighted by atomic mass is 16.3. The quantitative estimate of drug-likeness (QED) is 0.729. The van der Waals surface area contributed by atoms with E-state index >= 15 is 0 Å². The van der Waals surface area contributed by atoms with Crippen LogP contribution < -0.4 is 10.2 Å². The topological polar surface area (TPSA) is 35.5 Å². The number of rotatable bonds is 1. The van der Waals surface area contributed by atoms with Crippen LogP contribution in [0.25, 0.3) is 0 Å². The maximum absolute atomic E-state index is 9.59. The van der Waals surface area contributed by atoms with Crippen molar-refractivity contribution in [2.45, 2.75) is 13.8 Å². The van der Waals surface area contributed by atoms with Crippen LogP contribution in [0.15, 0.2) is 12.1 Å². The van der Waals surface area contributed by atoms with Crippen LogP contribution in [0.2, 0.25) is 0 Å². The molecule has 0 radical (unpaired) electrons. The SMILES string of the molecule is Cc1c(O)ccc(N2CCNCC2)c1C. The van der Waals surface area contributed by atoms with Crippen molar-refractivity contribution in [3.8, 4) is 5.75 Å². The summed E-state index contributed by atoms with van der Waals surface area (Å²) >= 11 is 0. The van der Waals surface area contributed by atoms with Gasteiger partial charge < -0.3 is 15.3 Å².